The van der Waals surface area contributed by atoms with Crippen LogP contribution in [-0.2, 0) is 21.6 Å². The molecule has 3 unspecified atom stereocenters. The van der Waals surface area contributed by atoms with E-state index in [9.17, 15) is 30.7 Å². The van der Waals surface area contributed by atoms with Crippen LogP contribution in [0.25, 0.3) is 0 Å². The van der Waals surface area contributed by atoms with Crippen molar-refractivity contribution in [1.82, 2.24) is 0 Å². The molecular weight excluding hydrogens is 575 g/mol. The first-order chi connectivity index (χ1) is 19.6. The molecule has 1 aromatic rings. The second-order valence-corrected chi connectivity index (χ2v) is 11.8. The van der Waals surface area contributed by atoms with Crippen LogP contribution >= 0.6 is 0 Å². The number of ether oxygens (including phenoxy) is 2. The van der Waals surface area contributed by atoms with Crippen molar-refractivity contribution in [3.05, 3.63) is 59.7 Å². The van der Waals surface area contributed by atoms with Crippen LogP contribution in [0.1, 0.15) is 81.8 Å². The van der Waals surface area contributed by atoms with Crippen molar-refractivity contribution in [3.63, 3.8) is 0 Å². The van der Waals surface area contributed by atoms with Crippen LogP contribution in [0.4, 0.5) is 39.5 Å². The lowest BCUT2D eigenvalue weighted by Crippen LogP contribution is -2.52. The Balaban J connectivity index is 1.27. The van der Waals surface area contributed by atoms with Crippen molar-refractivity contribution in [1.29, 1.82) is 0 Å². The van der Waals surface area contributed by atoms with Gasteiger partial charge in [-0.2, -0.15) is 39.5 Å². The van der Waals surface area contributed by atoms with Crippen LogP contribution in [0.5, 0.6) is 0 Å². The zero-order valence-corrected chi connectivity index (χ0v) is 23.3. The third kappa shape index (κ3) is 7.37. The lowest BCUT2D eigenvalue weighted by atomic mass is 9.73. The van der Waals surface area contributed by atoms with Crippen LogP contribution in [0.3, 0.4) is 0 Å². The molecule has 0 bridgehead atoms. The van der Waals surface area contributed by atoms with E-state index in [0.717, 1.165) is 32.1 Å². The van der Waals surface area contributed by atoms with E-state index in [4.69, 9.17) is 9.47 Å². The van der Waals surface area contributed by atoms with Gasteiger partial charge in [0, 0.05) is 5.56 Å². The van der Waals surface area contributed by atoms with E-state index in [0.29, 0.717) is 43.0 Å². The van der Waals surface area contributed by atoms with Crippen molar-refractivity contribution >= 4 is 0 Å². The zero-order chi connectivity index (χ0) is 30.8. The molecule has 2 nitrogen and oxygen atoms in total. The first-order valence-corrected chi connectivity index (χ1v) is 14.6. The molecule has 3 atom stereocenters. The molecular formula is C31H37F9O2. The third-order valence-corrected chi connectivity index (χ3v) is 9.02. The molecule has 1 aliphatic heterocycles. The van der Waals surface area contributed by atoms with Crippen LogP contribution < -0.4 is 0 Å². The minimum atomic E-state index is -4.85. The van der Waals surface area contributed by atoms with Gasteiger partial charge in [-0.05, 0) is 94.6 Å². The van der Waals surface area contributed by atoms with Gasteiger partial charge in [-0.15, -0.1) is 6.58 Å². The number of hydrogen-bond donors (Lipinski definition) is 0. The lowest BCUT2D eigenvalue weighted by Gasteiger charge is -2.40. The normalized spacial score (nSPS) is 28.3. The Labute approximate surface area is 240 Å². The molecule has 1 saturated heterocycles. The molecule has 0 aromatic heterocycles. The fourth-order valence-corrected chi connectivity index (χ4v) is 6.38. The molecule has 0 amide bonds. The first kappa shape index (κ1) is 32.9. The second-order valence-electron chi connectivity index (χ2n) is 11.8. The van der Waals surface area contributed by atoms with Gasteiger partial charge >= 0.3 is 24.1 Å². The summed E-state index contributed by atoms with van der Waals surface area (Å²) < 4.78 is 137. The average molecular weight is 613 g/mol. The summed E-state index contributed by atoms with van der Waals surface area (Å²) in [5.74, 6) is -9.78. The van der Waals surface area contributed by atoms with Gasteiger partial charge in [-0.1, -0.05) is 29.9 Å². The SMILES string of the molecule is C=CCCC1CC=C(C2CCC(C(F)(F)OC3CCC(C(F)(F)C(F)(F)c4ccc(C(F)(F)F)cc4)OC3)CC2)CC1. The Hall–Kier alpha value is -2.01. The minimum Gasteiger partial charge on any atom is -0.369 e. The van der Waals surface area contributed by atoms with Gasteiger partial charge in [-0.25, -0.2) is 0 Å². The highest BCUT2D eigenvalue weighted by molar-refractivity contribution is 5.29. The Morgan fingerprint density at radius 1 is 0.833 bits per heavy atom. The molecule has 2 aliphatic carbocycles. The summed E-state index contributed by atoms with van der Waals surface area (Å²) in [6.45, 7) is 3.03. The molecule has 0 spiro atoms. The highest BCUT2D eigenvalue weighted by atomic mass is 19.4. The predicted molar refractivity (Wildman–Crippen MR) is 139 cm³/mol. The Morgan fingerprint density at radius 2 is 1.48 bits per heavy atom. The van der Waals surface area contributed by atoms with Crippen LogP contribution in [-0.4, -0.2) is 30.8 Å². The van der Waals surface area contributed by atoms with E-state index < -0.39 is 66.4 Å². The number of rotatable bonds is 10. The van der Waals surface area contributed by atoms with Crippen molar-refractivity contribution in [2.45, 2.75) is 107 Å². The molecule has 0 radical (unpaired) electrons. The summed E-state index contributed by atoms with van der Waals surface area (Å²) in [4.78, 5) is 0. The van der Waals surface area contributed by atoms with Gasteiger partial charge < -0.3 is 9.47 Å². The average Bonchev–Trinajstić information content (AvgIpc) is 2.96. The van der Waals surface area contributed by atoms with E-state index in [1.807, 2.05) is 6.08 Å². The molecule has 2 fully saturated rings. The molecule has 3 aliphatic rings. The molecule has 1 heterocycles. The molecule has 1 aromatic carbocycles. The van der Waals surface area contributed by atoms with Crippen molar-refractivity contribution < 1.29 is 49.0 Å². The van der Waals surface area contributed by atoms with Gasteiger partial charge in [0.15, 0.2) is 0 Å². The van der Waals surface area contributed by atoms with E-state index >= 15 is 8.78 Å². The van der Waals surface area contributed by atoms with Gasteiger partial charge in [0.25, 0.3) is 0 Å². The van der Waals surface area contributed by atoms with Crippen LogP contribution in [0.15, 0.2) is 48.6 Å². The van der Waals surface area contributed by atoms with Gasteiger partial charge in [0.1, 0.15) is 6.10 Å². The fourth-order valence-electron chi connectivity index (χ4n) is 6.38. The monoisotopic (exact) mass is 612 g/mol. The van der Waals surface area contributed by atoms with Crippen LogP contribution in [0.2, 0.25) is 0 Å². The Kier molecular flexibility index (Phi) is 10.1. The number of hydrogen-bond acceptors (Lipinski definition) is 2. The van der Waals surface area contributed by atoms with Crippen molar-refractivity contribution in [3.8, 4) is 0 Å². The summed E-state index contributed by atoms with van der Waals surface area (Å²) in [6.07, 6.45) is -1.86. The van der Waals surface area contributed by atoms with E-state index in [1.165, 1.54) is 5.57 Å². The number of benzene rings is 1. The van der Waals surface area contributed by atoms with Crippen LogP contribution in [0, 0.1) is 17.8 Å². The molecule has 1 saturated carbocycles. The molecule has 11 heteroatoms. The third-order valence-electron chi connectivity index (χ3n) is 9.02. The topological polar surface area (TPSA) is 18.5 Å². The standard InChI is InChI=1S/C31H37F9O2/c1-2-3-4-20-5-7-21(8-6-20)22-9-11-25(12-10-22)31(39,40)42-26-17-18-27(41-19-26)29(34,35)28(32,33)23-13-15-24(16-14-23)30(36,37)38/h2,7,13-16,20,22,25-27H,1,3-6,8-12,17-19H2. The van der Waals surface area contributed by atoms with Crippen molar-refractivity contribution in [2.24, 2.45) is 17.8 Å². The maximum atomic E-state index is 15.0. The quantitative estimate of drug-likeness (QED) is 0.193. The van der Waals surface area contributed by atoms with Gasteiger partial charge in [0.05, 0.1) is 24.2 Å². The van der Waals surface area contributed by atoms with E-state index in [2.05, 4.69) is 12.7 Å². The maximum absolute atomic E-state index is 15.0. The Morgan fingerprint density at radius 3 is 2.00 bits per heavy atom. The van der Waals surface area contributed by atoms with E-state index in [-0.39, 0.29) is 25.2 Å². The summed E-state index contributed by atoms with van der Waals surface area (Å²) in [5, 5.41) is 0. The number of halogens is 9. The van der Waals surface area contributed by atoms with Gasteiger partial charge in [-0.3, -0.25) is 0 Å². The smallest absolute Gasteiger partial charge is 0.369 e. The second kappa shape index (κ2) is 12.9. The van der Waals surface area contributed by atoms with Gasteiger partial charge in [0.2, 0.25) is 0 Å². The maximum Gasteiger partial charge on any atom is 0.416 e. The Bertz CT molecular complexity index is 1060. The molecule has 0 N–H and O–H groups in total. The number of alkyl halides is 9. The minimum absolute atomic E-state index is 0.253. The first-order valence-electron chi connectivity index (χ1n) is 14.6. The largest absolute Gasteiger partial charge is 0.416 e. The number of allylic oxidation sites excluding steroid dienone is 3. The predicted octanol–water partition coefficient (Wildman–Crippen LogP) is 10.1. The highest BCUT2D eigenvalue weighted by Crippen LogP contribution is 2.49. The molecule has 4 rings (SSSR count). The summed E-state index contributed by atoms with van der Waals surface area (Å²) in [5.41, 5.74) is -1.22. The lowest BCUT2D eigenvalue weighted by molar-refractivity contribution is -0.325. The summed E-state index contributed by atoms with van der Waals surface area (Å²) >= 11 is 0. The summed E-state index contributed by atoms with van der Waals surface area (Å²) in [6, 6.07) is 1.19. The zero-order valence-electron chi connectivity index (χ0n) is 23.3. The summed E-state index contributed by atoms with van der Waals surface area (Å²) in [7, 11) is 0. The fraction of sp³-hybridized carbons (Fsp3) is 0.677. The van der Waals surface area contributed by atoms with E-state index in [1.54, 1.807) is 0 Å². The molecule has 42 heavy (non-hydrogen) atoms. The van der Waals surface area contributed by atoms with Crippen molar-refractivity contribution in [2.75, 3.05) is 6.61 Å². The molecule has 236 valence electrons. The highest BCUT2D eigenvalue weighted by Gasteiger charge is 2.63.